The summed E-state index contributed by atoms with van der Waals surface area (Å²) in [5, 5.41) is 11.9. The molecule has 0 aromatic heterocycles. The van der Waals surface area contributed by atoms with Gasteiger partial charge in [-0.2, -0.15) is 0 Å². The van der Waals surface area contributed by atoms with Crippen LogP contribution in [0.5, 0.6) is 0 Å². The maximum absolute atomic E-state index is 13.0. The average molecular weight is 1260 g/mol. The summed E-state index contributed by atoms with van der Waals surface area (Å²) >= 11 is 0. The van der Waals surface area contributed by atoms with Crippen LogP contribution < -0.4 is 5.11 Å². The number of aliphatic carboxylic acids is 1. The molecule has 0 aliphatic carbocycles. The first-order chi connectivity index (χ1) is 43.6. The van der Waals surface area contributed by atoms with Crippen molar-refractivity contribution in [2.24, 2.45) is 0 Å². The van der Waals surface area contributed by atoms with Crippen LogP contribution in [0.3, 0.4) is 0 Å². The number of ether oxygens (including phenoxy) is 4. The van der Waals surface area contributed by atoms with Crippen LogP contribution >= 0.6 is 0 Å². The Morgan fingerprint density at radius 2 is 0.573 bits per heavy atom. The summed E-state index contributed by atoms with van der Waals surface area (Å²) in [4.78, 5) is 37.6. The normalized spacial score (nSPS) is 12.7. The van der Waals surface area contributed by atoms with E-state index in [4.69, 9.17) is 18.9 Å². The van der Waals surface area contributed by atoms with Crippen molar-refractivity contribution in [1.82, 2.24) is 0 Å². The zero-order valence-electron chi connectivity index (χ0n) is 60.3. The Bertz CT molecular complexity index is 1510. The first-order valence-corrected chi connectivity index (χ1v) is 39.5. The van der Waals surface area contributed by atoms with E-state index in [1.807, 2.05) is 21.1 Å². The number of carbonyl (C=O) groups excluding carboxylic acids is 3. The second-order valence-electron chi connectivity index (χ2n) is 28.4. The van der Waals surface area contributed by atoms with Gasteiger partial charge in [0, 0.05) is 12.8 Å². The molecule has 0 amide bonds. The summed E-state index contributed by atoms with van der Waals surface area (Å²) in [5.41, 5.74) is 0. The molecule has 0 spiro atoms. The fourth-order valence-electron chi connectivity index (χ4n) is 12.1. The number of rotatable bonds is 75. The SMILES string of the molecule is CCCCCCCCCC/C=C\CCCCCCCCCCCCCCCCCCCCCCCC(=O)OC(COC(=O)CCCCCCCCCCCCCCCCCCCCC/C=C\CCCCCCCCCC)COC(OCC[N+](C)(C)C)C(=O)[O-]. The number of quaternary nitrogens is 1. The molecular weight excluding hydrogens is 1100 g/mol. The monoisotopic (exact) mass is 1260 g/mol. The second kappa shape index (κ2) is 71.6. The van der Waals surface area contributed by atoms with Gasteiger partial charge in [0.2, 0.25) is 0 Å². The Labute approximate surface area is 554 Å². The summed E-state index contributed by atoms with van der Waals surface area (Å²) in [7, 11) is 5.95. The number of hydrogen-bond acceptors (Lipinski definition) is 8. The summed E-state index contributed by atoms with van der Waals surface area (Å²) in [5.74, 6) is -2.25. The molecule has 89 heavy (non-hydrogen) atoms. The molecule has 0 aromatic rings. The number of allylic oxidation sites excluding steroid dienone is 4. The van der Waals surface area contributed by atoms with Crippen LogP contribution in [0.1, 0.15) is 412 Å². The van der Waals surface area contributed by atoms with Gasteiger partial charge in [0.1, 0.15) is 13.2 Å². The first-order valence-electron chi connectivity index (χ1n) is 39.5. The van der Waals surface area contributed by atoms with E-state index in [9.17, 15) is 19.5 Å². The fourth-order valence-corrected chi connectivity index (χ4v) is 12.1. The van der Waals surface area contributed by atoms with E-state index in [-0.39, 0.29) is 32.2 Å². The lowest BCUT2D eigenvalue weighted by atomic mass is 10.0. The van der Waals surface area contributed by atoms with E-state index in [0.29, 0.717) is 17.4 Å². The molecule has 0 radical (unpaired) electrons. The van der Waals surface area contributed by atoms with Crippen molar-refractivity contribution in [3.05, 3.63) is 24.3 Å². The van der Waals surface area contributed by atoms with Gasteiger partial charge in [0.15, 0.2) is 12.4 Å². The number of nitrogens with zero attached hydrogens (tertiary/aromatic N) is 1. The van der Waals surface area contributed by atoms with E-state index in [2.05, 4.69) is 38.2 Å². The number of unbranched alkanes of at least 4 members (excludes halogenated alkanes) is 56. The highest BCUT2D eigenvalue weighted by Gasteiger charge is 2.22. The molecule has 0 aliphatic heterocycles. The van der Waals surface area contributed by atoms with Crippen molar-refractivity contribution >= 4 is 17.9 Å². The molecule has 2 atom stereocenters. The molecule has 0 rings (SSSR count). The van der Waals surface area contributed by atoms with Crippen molar-refractivity contribution in [3.63, 3.8) is 0 Å². The summed E-state index contributed by atoms with van der Waals surface area (Å²) in [6.45, 7) is 4.83. The number of esters is 2. The van der Waals surface area contributed by atoms with E-state index < -0.39 is 24.3 Å². The van der Waals surface area contributed by atoms with E-state index in [0.717, 1.165) is 38.5 Å². The standard InChI is InChI=1S/C80H153NO8/c1-6-8-10-12-14-16-18-20-22-24-26-28-30-32-34-36-38-39-41-43-45-47-49-51-53-55-57-59-61-63-65-67-69-71-78(83)89-76(75-88-80(79(84)85)86-73-72-81(3,4)5)74-87-77(82)70-68-66-64-62-60-58-56-54-52-50-48-46-44-42-40-37-35-33-31-29-27-25-23-21-19-17-15-13-11-9-7-2/h24-27,76,80H,6-23,28-75H2,1-5H3/b26-24-,27-25-. The second-order valence-corrected chi connectivity index (χ2v) is 28.4. The van der Waals surface area contributed by atoms with Gasteiger partial charge in [-0.1, -0.05) is 359 Å². The number of likely N-dealkylation sites (N-methyl/N-ethyl adjacent to an activating group) is 1. The Morgan fingerprint density at radius 3 is 0.831 bits per heavy atom. The molecule has 9 heteroatoms. The summed E-state index contributed by atoms with van der Waals surface area (Å²) in [6.07, 6.45) is 87.3. The molecule has 0 saturated carbocycles. The van der Waals surface area contributed by atoms with Gasteiger partial charge in [0.25, 0.3) is 0 Å². The van der Waals surface area contributed by atoms with Gasteiger partial charge < -0.3 is 33.3 Å². The Kier molecular flexibility index (Phi) is 69.8. The predicted molar refractivity (Wildman–Crippen MR) is 380 cm³/mol. The third-order valence-corrected chi connectivity index (χ3v) is 18.2. The minimum atomic E-state index is -1.62. The number of carboxylic acid groups (broad SMARTS) is 1. The smallest absolute Gasteiger partial charge is 0.306 e. The van der Waals surface area contributed by atoms with Crippen molar-refractivity contribution in [3.8, 4) is 0 Å². The Hall–Kier alpha value is -2.23. The molecule has 2 unspecified atom stereocenters. The molecule has 0 bridgehead atoms. The zero-order valence-corrected chi connectivity index (χ0v) is 60.3. The Morgan fingerprint density at radius 1 is 0.326 bits per heavy atom. The number of carboxylic acids is 1. The quantitative estimate of drug-likeness (QED) is 0.0195. The predicted octanol–water partition coefficient (Wildman–Crippen LogP) is 23.6. The van der Waals surface area contributed by atoms with Crippen molar-refractivity contribution in [2.45, 2.75) is 424 Å². The third-order valence-electron chi connectivity index (χ3n) is 18.2. The molecule has 526 valence electrons. The van der Waals surface area contributed by atoms with Crippen molar-refractivity contribution in [2.75, 3.05) is 47.5 Å². The molecule has 0 aliphatic rings. The van der Waals surface area contributed by atoms with Crippen LogP contribution in [-0.2, 0) is 33.3 Å². The van der Waals surface area contributed by atoms with Gasteiger partial charge in [-0.15, -0.1) is 0 Å². The highest BCUT2D eigenvalue weighted by Crippen LogP contribution is 2.20. The van der Waals surface area contributed by atoms with Crippen LogP contribution in [-0.4, -0.2) is 82.3 Å². The molecule has 0 fully saturated rings. The van der Waals surface area contributed by atoms with E-state index in [1.54, 1.807) is 0 Å². The van der Waals surface area contributed by atoms with Gasteiger partial charge >= 0.3 is 11.9 Å². The molecule has 0 heterocycles. The van der Waals surface area contributed by atoms with Gasteiger partial charge in [0.05, 0.1) is 40.3 Å². The lowest BCUT2D eigenvalue weighted by Crippen LogP contribution is -2.44. The third kappa shape index (κ3) is 73.1. The highest BCUT2D eigenvalue weighted by atomic mass is 16.7. The maximum Gasteiger partial charge on any atom is 0.306 e. The van der Waals surface area contributed by atoms with Crippen LogP contribution in [0.4, 0.5) is 0 Å². The van der Waals surface area contributed by atoms with Crippen LogP contribution in [0, 0.1) is 0 Å². The lowest BCUT2D eigenvalue weighted by molar-refractivity contribution is -0.870. The average Bonchev–Trinajstić information content (AvgIpc) is 3.64. The molecule has 0 saturated heterocycles. The van der Waals surface area contributed by atoms with Gasteiger partial charge in [-0.05, 0) is 64.2 Å². The molecule has 9 nitrogen and oxygen atoms in total. The molecular formula is C80H153NO8. The van der Waals surface area contributed by atoms with Crippen LogP contribution in [0.25, 0.3) is 0 Å². The van der Waals surface area contributed by atoms with Gasteiger partial charge in [-0.3, -0.25) is 9.59 Å². The van der Waals surface area contributed by atoms with Gasteiger partial charge in [-0.25, -0.2) is 0 Å². The van der Waals surface area contributed by atoms with Crippen LogP contribution in [0.2, 0.25) is 0 Å². The highest BCUT2D eigenvalue weighted by molar-refractivity contribution is 5.70. The van der Waals surface area contributed by atoms with Crippen LogP contribution in [0.15, 0.2) is 24.3 Å². The number of carbonyl (C=O) groups is 3. The minimum absolute atomic E-state index is 0.152. The zero-order chi connectivity index (χ0) is 64.7. The summed E-state index contributed by atoms with van der Waals surface area (Å²) < 4.78 is 22.9. The lowest BCUT2D eigenvalue weighted by Gasteiger charge is -2.26. The van der Waals surface area contributed by atoms with Crippen molar-refractivity contribution in [1.29, 1.82) is 0 Å². The summed E-state index contributed by atoms with van der Waals surface area (Å²) in [6, 6.07) is 0. The topological polar surface area (TPSA) is 111 Å². The number of hydrogen-bond donors (Lipinski definition) is 0. The van der Waals surface area contributed by atoms with Crippen molar-refractivity contribution < 1.29 is 42.9 Å². The Balaban J connectivity index is 3.98. The molecule has 0 aromatic carbocycles. The minimum Gasteiger partial charge on any atom is -0.545 e. The molecule has 0 N–H and O–H groups in total. The first kappa shape index (κ1) is 86.8. The maximum atomic E-state index is 13.0. The fraction of sp³-hybridized carbons (Fsp3) is 0.912. The van der Waals surface area contributed by atoms with E-state index in [1.165, 1.54) is 347 Å². The van der Waals surface area contributed by atoms with E-state index >= 15 is 0 Å². The largest absolute Gasteiger partial charge is 0.545 e.